The van der Waals surface area contributed by atoms with E-state index in [9.17, 15) is 4.79 Å². The second-order valence-electron chi connectivity index (χ2n) is 4.53. The third-order valence-electron chi connectivity index (χ3n) is 2.50. The Morgan fingerprint density at radius 2 is 2.12 bits per heavy atom. The van der Waals surface area contributed by atoms with Crippen molar-refractivity contribution in [2.45, 2.75) is 20.8 Å². The fraction of sp³-hybridized carbons (Fsp3) is 0.417. The molecule has 0 saturated carbocycles. The van der Waals surface area contributed by atoms with Crippen molar-refractivity contribution in [1.82, 2.24) is 0 Å². The number of rotatable bonds is 3. The Morgan fingerprint density at radius 3 is 2.62 bits per heavy atom. The van der Waals surface area contributed by atoms with Crippen molar-refractivity contribution in [2.75, 3.05) is 11.9 Å². The third kappa shape index (κ3) is 2.97. The second-order valence-corrected chi connectivity index (χ2v) is 4.93. The minimum Gasteiger partial charge on any atom is -0.329 e. The summed E-state index contributed by atoms with van der Waals surface area (Å²) in [6.45, 7) is 5.83. The monoisotopic (exact) mass is 240 g/mol. The summed E-state index contributed by atoms with van der Waals surface area (Å²) in [7, 11) is 0. The van der Waals surface area contributed by atoms with Crippen LogP contribution >= 0.6 is 11.6 Å². The van der Waals surface area contributed by atoms with E-state index in [-0.39, 0.29) is 5.91 Å². The highest BCUT2D eigenvalue weighted by molar-refractivity contribution is 6.33. The first-order valence-electron chi connectivity index (χ1n) is 5.14. The van der Waals surface area contributed by atoms with E-state index in [4.69, 9.17) is 17.3 Å². The van der Waals surface area contributed by atoms with E-state index in [1.165, 1.54) is 0 Å². The van der Waals surface area contributed by atoms with Gasteiger partial charge in [0.2, 0.25) is 5.91 Å². The van der Waals surface area contributed by atoms with E-state index in [1.807, 2.05) is 19.1 Å². The van der Waals surface area contributed by atoms with Crippen molar-refractivity contribution < 1.29 is 4.79 Å². The highest BCUT2D eigenvalue weighted by Gasteiger charge is 2.26. The van der Waals surface area contributed by atoms with Crippen LogP contribution in [-0.2, 0) is 4.79 Å². The lowest BCUT2D eigenvalue weighted by Crippen LogP contribution is -2.37. The Morgan fingerprint density at radius 1 is 1.50 bits per heavy atom. The molecule has 4 heteroatoms. The molecule has 1 aromatic rings. The highest BCUT2D eigenvalue weighted by Crippen LogP contribution is 2.25. The minimum absolute atomic E-state index is 0.124. The van der Waals surface area contributed by atoms with Gasteiger partial charge in [-0.05, 0) is 38.5 Å². The molecule has 0 atom stereocenters. The molecule has 0 aromatic heterocycles. The molecular weight excluding hydrogens is 224 g/mol. The topological polar surface area (TPSA) is 55.1 Å². The molecule has 16 heavy (non-hydrogen) atoms. The van der Waals surface area contributed by atoms with Crippen LogP contribution in [0, 0.1) is 12.3 Å². The van der Waals surface area contributed by atoms with E-state index in [0.717, 1.165) is 5.56 Å². The summed E-state index contributed by atoms with van der Waals surface area (Å²) >= 11 is 6.02. The van der Waals surface area contributed by atoms with Gasteiger partial charge in [-0.3, -0.25) is 4.79 Å². The maximum Gasteiger partial charge on any atom is 0.231 e. The normalized spacial score (nSPS) is 11.3. The standard InChI is InChI=1S/C12H17ClN2O/c1-8-4-5-10(9(13)6-8)15-11(16)12(2,3)7-14/h4-6H,7,14H2,1-3H3,(H,15,16). The number of nitrogens with two attached hydrogens (primary N) is 1. The van der Waals surface area contributed by atoms with Gasteiger partial charge < -0.3 is 11.1 Å². The number of halogens is 1. The number of nitrogens with one attached hydrogen (secondary N) is 1. The van der Waals surface area contributed by atoms with E-state index in [0.29, 0.717) is 17.3 Å². The van der Waals surface area contributed by atoms with Crippen LogP contribution in [0.1, 0.15) is 19.4 Å². The number of aryl methyl sites for hydroxylation is 1. The van der Waals surface area contributed by atoms with Crippen LogP contribution in [0.3, 0.4) is 0 Å². The van der Waals surface area contributed by atoms with Gasteiger partial charge in [0.05, 0.1) is 16.1 Å². The summed E-state index contributed by atoms with van der Waals surface area (Å²) in [5.74, 6) is -0.124. The van der Waals surface area contributed by atoms with Gasteiger partial charge in [-0.25, -0.2) is 0 Å². The molecule has 3 N–H and O–H groups in total. The van der Waals surface area contributed by atoms with Crippen LogP contribution in [-0.4, -0.2) is 12.5 Å². The number of hydrogen-bond donors (Lipinski definition) is 2. The largest absolute Gasteiger partial charge is 0.329 e. The number of carbonyl (C=O) groups is 1. The summed E-state index contributed by atoms with van der Waals surface area (Å²) in [5, 5.41) is 3.32. The average molecular weight is 241 g/mol. The van der Waals surface area contributed by atoms with Gasteiger partial charge in [0.25, 0.3) is 0 Å². The van der Waals surface area contributed by atoms with Crippen molar-refractivity contribution in [3.8, 4) is 0 Å². The summed E-state index contributed by atoms with van der Waals surface area (Å²) in [6, 6.07) is 5.51. The number of amides is 1. The van der Waals surface area contributed by atoms with Gasteiger partial charge in [-0.1, -0.05) is 17.7 Å². The van der Waals surface area contributed by atoms with Gasteiger partial charge in [0.15, 0.2) is 0 Å². The molecule has 1 amide bonds. The second kappa shape index (κ2) is 4.85. The van der Waals surface area contributed by atoms with Crippen LogP contribution in [0.25, 0.3) is 0 Å². The van der Waals surface area contributed by atoms with Crippen molar-refractivity contribution in [2.24, 2.45) is 11.1 Å². The molecule has 0 aliphatic heterocycles. The Bertz CT molecular complexity index is 402. The maximum absolute atomic E-state index is 11.9. The quantitative estimate of drug-likeness (QED) is 0.853. The molecule has 0 saturated heterocycles. The lowest BCUT2D eigenvalue weighted by molar-refractivity contribution is -0.123. The van der Waals surface area contributed by atoms with Crippen LogP contribution in [0.2, 0.25) is 5.02 Å². The van der Waals surface area contributed by atoms with E-state index >= 15 is 0 Å². The number of anilines is 1. The van der Waals surface area contributed by atoms with E-state index in [2.05, 4.69) is 5.32 Å². The molecule has 0 unspecified atom stereocenters. The van der Waals surface area contributed by atoms with Gasteiger partial charge in [0.1, 0.15) is 0 Å². The van der Waals surface area contributed by atoms with Crippen molar-refractivity contribution in [3.63, 3.8) is 0 Å². The summed E-state index contributed by atoms with van der Waals surface area (Å²) in [5.41, 5.74) is 6.62. The molecule has 0 aliphatic rings. The van der Waals surface area contributed by atoms with Crippen LogP contribution < -0.4 is 11.1 Å². The van der Waals surface area contributed by atoms with Crippen molar-refractivity contribution >= 4 is 23.2 Å². The molecule has 0 spiro atoms. The lowest BCUT2D eigenvalue weighted by Gasteiger charge is -2.21. The molecule has 1 aromatic carbocycles. The molecule has 88 valence electrons. The molecular formula is C12H17ClN2O. The molecule has 0 fully saturated rings. The molecule has 1 rings (SSSR count). The van der Waals surface area contributed by atoms with Gasteiger partial charge in [-0.15, -0.1) is 0 Å². The Hall–Kier alpha value is -1.06. The van der Waals surface area contributed by atoms with Crippen LogP contribution in [0.15, 0.2) is 18.2 Å². The van der Waals surface area contributed by atoms with Crippen LogP contribution in [0.4, 0.5) is 5.69 Å². The molecule has 0 heterocycles. The fourth-order valence-corrected chi connectivity index (χ4v) is 1.39. The van der Waals surface area contributed by atoms with Gasteiger partial charge in [-0.2, -0.15) is 0 Å². The first-order valence-corrected chi connectivity index (χ1v) is 5.52. The van der Waals surface area contributed by atoms with E-state index < -0.39 is 5.41 Å². The smallest absolute Gasteiger partial charge is 0.231 e. The lowest BCUT2D eigenvalue weighted by atomic mass is 9.92. The summed E-state index contributed by atoms with van der Waals surface area (Å²) in [6.07, 6.45) is 0. The Kier molecular flexibility index (Phi) is 3.94. The predicted molar refractivity (Wildman–Crippen MR) is 67.7 cm³/mol. The fourth-order valence-electron chi connectivity index (χ4n) is 1.11. The zero-order valence-corrected chi connectivity index (χ0v) is 10.6. The number of hydrogen-bond acceptors (Lipinski definition) is 2. The van der Waals surface area contributed by atoms with E-state index in [1.54, 1.807) is 19.9 Å². The van der Waals surface area contributed by atoms with Crippen LogP contribution in [0.5, 0.6) is 0 Å². The van der Waals surface area contributed by atoms with Gasteiger partial charge >= 0.3 is 0 Å². The zero-order chi connectivity index (χ0) is 12.3. The average Bonchev–Trinajstić information content (AvgIpc) is 2.22. The molecule has 0 bridgehead atoms. The summed E-state index contributed by atoms with van der Waals surface area (Å²) < 4.78 is 0. The molecule has 3 nitrogen and oxygen atoms in total. The third-order valence-corrected chi connectivity index (χ3v) is 2.81. The Labute approximate surface area is 101 Å². The number of benzene rings is 1. The first kappa shape index (κ1) is 13.0. The predicted octanol–water partition coefficient (Wildman–Crippen LogP) is 2.57. The summed E-state index contributed by atoms with van der Waals surface area (Å²) in [4.78, 5) is 11.9. The zero-order valence-electron chi connectivity index (χ0n) is 9.80. The highest BCUT2D eigenvalue weighted by atomic mass is 35.5. The molecule has 0 aliphatic carbocycles. The Balaban J connectivity index is 2.85. The molecule has 0 radical (unpaired) electrons. The number of carbonyl (C=O) groups excluding carboxylic acids is 1. The van der Waals surface area contributed by atoms with Crippen molar-refractivity contribution in [1.29, 1.82) is 0 Å². The first-order chi connectivity index (χ1) is 7.36. The maximum atomic E-state index is 11.9. The van der Waals surface area contributed by atoms with Gasteiger partial charge in [0, 0.05) is 6.54 Å². The van der Waals surface area contributed by atoms with Crippen molar-refractivity contribution in [3.05, 3.63) is 28.8 Å². The SMILES string of the molecule is Cc1ccc(NC(=O)C(C)(C)CN)c(Cl)c1. The minimum atomic E-state index is -0.589.